The molecule has 0 aliphatic rings. The van der Waals surface area contributed by atoms with Crippen molar-refractivity contribution in [1.29, 1.82) is 0 Å². The number of imidazole rings is 2. The van der Waals surface area contributed by atoms with Crippen LogP contribution >= 0.6 is 25.3 Å². The average molecular weight is 499 g/mol. The van der Waals surface area contributed by atoms with E-state index in [-0.39, 0.29) is 24.3 Å². The van der Waals surface area contributed by atoms with Gasteiger partial charge in [0.25, 0.3) is 0 Å². The number of thiol groups is 2. The molecule has 8 N–H and O–H groups in total. The SMILES string of the molecule is NC(CS)C(=O)NC(Cc1cnc[nH]1)C(=O)NC(Cc1cnc[nH]1)C(=O)NC(CS)C(=O)O. The monoisotopic (exact) mass is 498 g/mol. The van der Waals surface area contributed by atoms with Crippen LogP contribution < -0.4 is 21.7 Å². The second-order valence-corrected chi connectivity index (χ2v) is 7.79. The Labute approximate surface area is 199 Å². The van der Waals surface area contributed by atoms with Crippen LogP contribution in [0, 0.1) is 0 Å². The fraction of sp³-hybridized carbons (Fsp3) is 0.444. The number of amides is 3. The van der Waals surface area contributed by atoms with Crippen LogP contribution in [0.5, 0.6) is 0 Å². The number of nitrogens with two attached hydrogens (primary N) is 1. The smallest absolute Gasteiger partial charge is 0.327 e. The van der Waals surface area contributed by atoms with Gasteiger partial charge in [0.1, 0.15) is 18.1 Å². The lowest BCUT2D eigenvalue weighted by Gasteiger charge is -2.24. The van der Waals surface area contributed by atoms with E-state index >= 15 is 0 Å². The summed E-state index contributed by atoms with van der Waals surface area (Å²) in [5, 5.41) is 16.7. The molecule has 0 fully saturated rings. The molecule has 0 radical (unpaired) electrons. The minimum absolute atomic E-state index is 0.00262. The number of hydrogen-bond donors (Lipinski definition) is 9. The van der Waals surface area contributed by atoms with Crippen LogP contribution in [0.2, 0.25) is 0 Å². The molecule has 0 aliphatic heterocycles. The molecule has 2 aromatic heterocycles. The molecule has 4 unspecified atom stereocenters. The zero-order chi connectivity index (χ0) is 24.4. The molecule has 0 aliphatic carbocycles. The Hall–Kier alpha value is -3.04. The number of carbonyl (C=O) groups is 4. The highest BCUT2D eigenvalue weighted by Crippen LogP contribution is 2.04. The first-order chi connectivity index (χ1) is 15.7. The molecule has 3 amide bonds. The van der Waals surface area contributed by atoms with E-state index in [9.17, 15) is 24.3 Å². The number of H-pyrrole nitrogens is 2. The van der Waals surface area contributed by atoms with Crippen LogP contribution in [0.15, 0.2) is 25.0 Å². The Morgan fingerprint density at radius 2 is 1.30 bits per heavy atom. The molecule has 15 heteroatoms. The molecule has 0 bridgehead atoms. The zero-order valence-corrected chi connectivity index (χ0v) is 19.2. The van der Waals surface area contributed by atoms with E-state index in [1.165, 1.54) is 25.0 Å². The zero-order valence-electron chi connectivity index (χ0n) is 17.4. The number of nitrogens with one attached hydrogen (secondary N) is 5. The van der Waals surface area contributed by atoms with Crippen LogP contribution in [0.25, 0.3) is 0 Å². The highest BCUT2D eigenvalue weighted by molar-refractivity contribution is 7.80. The summed E-state index contributed by atoms with van der Waals surface area (Å²) < 4.78 is 0. The van der Waals surface area contributed by atoms with E-state index in [0.717, 1.165) is 0 Å². The van der Waals surface area contributed by atoms with Gasteiger partial charge < -0.3 is 36.8 Å². The predicted octanol–water partition coefficient (Wildman–Crippen LogP) is -2.36. The molecule has 0 saturated carbocycles. The number of carbonyl (C=O) groups excluding carboxylic acids is 3. The van der Waals surface area contributed by atoms with E-state index in [0.29, 0.717) is 11.4 Å². The second-order valence-electron chi connectivity index (χ2n) is 7.06. The van der Waals surface area contributed by atoms with Crippen LogP contribution in [0.4, 0.5) is 0 Å². The van der Waals surface area contributed by atoms with Gasteiger partial charge in [-0.2, -0.15) is 25.3 Å². The number of hydrogen-bond acceptors (Lipinski definition) is 9. The molecule has 0 saturated heterocycles. The normalized spacial score (nSPS) is 14.5. The minimum Gasteiger partial charge on any atom is -0.480 e. The van der Waals surface area contributed by atoms with Gasteiger partial charge in [-0.1, -0.05) is 0 Å². The second kappa shape index (κ2) is 12.9. The molecular formula is C18H26N8O5S2. The minimum atomic E-state index is -1.27. The maximum absolute atomic E-state index is 13.1. The van der Waals surface area contributed by atoms with Gasteiger partial charge in [-0.15, -0.1) is 0 Å². The molecule has 13 nitrogen and oxygen atoms in total. The highest BCUT2D eigenvalue weighted by atomic mass is 32.1. The fourth-order valence-corrected chi connectivity index (χ4v) is 3.16. The first kappa shape index (κ1) is 26.2. The van der Waals surface area contributed by atoms with Gasteiger partial charge in [0.05, 0.1) is 18.7 Å². The summed E-state index contributed by atoms with van der Waals surface area (Å²) in [4.78, 5) is 62.9. The van der Waals surface area contributed by atoms with E-state index in [1.807, 2.05) is 0 Å². The molecular weight excluding hydrogens is 472 g/mol. The summed E-state index contributed by atoms with van der Waals surface area (Å²) in [5.41, 5.74) is 6.79. The van der Waals surface area contributed by atoms with Crippen LogP contribution in [-0.4, -0.2) is 84.4 Å². The summed E-state index contributed by atoms with van der Waals surface area (Å²) in [6, 6.07) is -4.46. The molecule has 2 rings (SSSR count). The van der Waals surface area contributed by atoms with Crippen molar-refractivity contribution in [1.82, 2.24) is 35.9 Å². The van der Waals surface area contributed by atoms with E-state index in [4.69, 9.17) is 5.73 Å². The number of carboxylic acid groups (broad SMARTS) is 1. The lowest BCUT2D eigenvalue weighted by atomic mass is 10.1. The third-order valence-electron chi connectivity index (χ3n) is 4.55. The first-order valence-corrected chi connectivity index (χ1v) is 11.1. The Balaban J connectivity index is 2.21. The molecule has 33 heavy (non-hydrogen) atoms. The number of aromatic nitrogens is 4. The maximum Gasteiger partial charge on any atom is 0.327 e. The molecule has 4 atom stereocenters. The number of rotatable bonds is 13. The lowest BCUT2D eigenvalue weighted by molar-refractivity contribution is -0.141. The average Bonchev–Trinajstić information content (AvgIpc) is 3.49. The van der Waals surface area contributed by atoms with Gasteiger partial charge in [-0.05, 0) is 0 Å². The van der Waals surface area contributed by atoms with Gasteiger partial charge >= 0.3 is 5.97 Å². The third-order valence-corrected chi connectivity index (χ3v) is 5.31. The van der Waals surface area contributed by atoms with Crippen molar-refractivity contribution in [2.45, 2.75) is 37.0 Å². The van der Waals surface area contributed by atoms with Crippen molar-refractivity contribution >= 4 is 48.9 Å². The number of aromatic amines is 2. The van der Waals surface area contributed by atoms with E-state index in [1.54, 1.807) is 0 Å². The van der Waals surface area contributed by atoms with Crippen molar-refractivity contribution in [3.63, 3.8) is 0 Å². The molecule has 2 heterocycles. The lowest BCUT2D eigenvalue weighted by Crippen LogP contribution is -2.58. The predicted molar refractivity (Wildman–Crippen MR) is 124 cm³/mol. The number of aliphatic carboxylic acids is 1. The molecule has 2 aromatic rings. The standard InChI is InChI=1S/C18H26N8O5S2/c19-11(5-32)15(27)24-12(1-9-3-20-7-22-9)16(28)25-13(2-10-4-21-8-23-10)17(29)26-14(6-33)18(30)31/h3-4,7-8,11-14,32-33H,1-2,5-6,19H2,(H,20,22)(H,21,23)(H,24,27)(H,25,28)(H,26,29)(H,30,31). The highest BCUT2D eigenvalue weighted by Gasteiger charge is 2.30. The van der Waals surface area contributed by atoms with Crippen molar-refractivity contribution in [2.75, 3.05) is 11.5 Å². The van der Waals surface area contributed by atoms with Crippen LogP contribution in [0.1, 0.15) is 11.4 Å². The quantitative estimate of drug-likeness (QED) is 0.136. The molecule has 180 valence electrons. The number of nitrogens with zero attached hydrogens (tertiary/aromatic N) is 2. The van der Waals surface area contributed by atoms with Crippen molar-refractivity contribution < 1.29 is 24.3 Å². The summed E-state index contributed by atoms with van der Waals surface area (Å²) in [7, 11) is 0. The fourth-order valence-electron chi connectivity index (χ4n) is 2.74. The summed E-state index contributed by atoms with van der Waals surface area (Å²) in [5.74, 6) is -3.36. The van der Waals surface area contributed by atoms with Crippen molar-refractivity contribution in [3.05, 3.63) is 36.4 Å². The largest absolute Gasteiger partial charge is 0.480 e. The Bertz CT molecular complexity index is 924. The summed E-state index contributed by atoms with van der Waals surface area (Å²) in [6.45, 7) is 0. The van der Waals surface area contributed by atoms with Gasteiger partial charge in [-0.25, -0.2) is 14.8 Å². The first-order valence-electron chi connectivity index (χ1n) is 9.80. The van der Waals surface area contributed by atoms with Crippen LogP contribution in [-0.2, 0) is 32.0 Å². The van der Waals surface area contributed by atoms with Gasteiger partial charge in [0, 0.05) is 48.1 Å². The summed E-state index contributed by atoms with van der Waals surface area (Å²) in [6.07, 6.45) is 5.82. The summed E-state index contributed by atoms with van der Waals surface area (Å²) >= 11 is 7.92. The number of carboxylic acids is 1. The van der Waals surface area contributed by atoms with Gasteiger partial charge in [0.15, 0.2) is 0 Å². The molecule has 0 aromatic carbocycles. The van der Waals surface area contributed by atoms with Gasteiger partial charge in [-0.3, -0.25) is 14.4 Å². The Kier molecular flexibility index (Phi) is 10.2. The Morgan fingerprint density at radius 1 is 0.848 bits per heavy atom. The van der Waals surface area contributed by atoms with E-state index in [2.05, 4.69) is 61.1 Å². The molecule has 0 spiro atoms. The van der Waals surface area contributed by atoms with E-state index < -0.39 is 47.9 Å². The Morgan fingerprint density at radius 3 is 1.67 bits per heavy atom. The third kappa shape index (κ3) is 8.11. The van der Waals surface area contributed by atoms with Crippen molar-refractivity contribution in [2.24, 2.45) is 5.73 Å². The van der Waals surface area contributed by atoms with Crippen LogP contribution in [0.3, 0.4) is 0 Å². The van der Waals surface area contributed by atoms with Crippen molar-refractivity contribution in [3.8, 4) is 0 Å². The maximum atomic E-state index is 13.1. The topological polar surface area (TPSA) is 208 Å². The van der Waals surface area contributed by atoms with Gasteiger partial charge in [0.2, 0.25) is 17.7 Å².